The van der Waals surface area contributed by atoms with Crippen LogP contribution in [0.4, 0.5) is 5.95 Å². The van der Waals surface area contributed by atoms with Gasteiger partial charge in [0.25, 0.3) is 5.95 Å². The first kappa shape index (κ1) is 14.5. The zero-order valence-corrected chi connectivity index (χ0v) is 13.4. The third-order valence-electron chi connectivity index (χ3n) is 3.56. The Morgan fingerprint density at radius 2 is 2.08 bits per heavy atom. The molecule has 0 fully saturated rings. The van der Waals surface area contributed by atoms with Gasteiger partial charge in [-0.2, -0.15) is 10.1 Å². The molecule has 0 bridgehead atoms. The standard InChI is InChI=1S/C16H12ClN7/c1-9(12-7-2-3-8-18-12)21-23-16-20-15-14(22-24-16)10-5-4-6-11(17)13(10)19-15/h2-8H,1H3,(H2,19,20,23,24). The highest BCUT2D eigenvalue weighted by molar-refractivity contribution is 6.36. The quantitative estimate of drug-likeness (QED) is 0.441. The number of hydrogen-bond acceptors (Lipinski definition) is 6. The van der Waals surface area contributed by atoms with Crippen molar-refractivity contribution in [2.45, 2.75) is 6.92 Å². The Kier molecular flexibility index (Phi) is 3.55. The summed E-state index contributed by atoms with van der Waals surface area (Å²) in [7, 11) is 0. The Balaban J connectivity index is 1.68. The van der Waals surface area contributed by atoms with Gasteiger partial charge in [0.2, 0.25) is 0 Å². The molecule has 2 N–H and O–H groups in total. The Morgan fingerprint density at radius 1 is 1.17 bits per heavy atom. The van der Waals surface area contributed by atoms with Crippen LogP contribution in [-0.4, -0.2) is 30.9 Å². The molecule has 3 aromatic heterocycles. The van der Waals surface area contributed by atoms with Crippen molar-refractivity contribution >= 4 is 45.3 Å². The molecule has 0 amide bonds. The Hall–Kier alpha value is -3.06. The minimum absolute atomic E-state index is 0.292. The second-order valence-corrected chi connectivity index (χ2v) is 5.55. The first-order valence-corrected chi connectivity index (χ1v) is 7.62. The first-order valence-electron chi connectivity index (χ1n) is 7.25. The SMILES string of the molecule is CC(=NNc1nnc2c(n1)[nH]c1c(Cl)cccc12)c1ccccn1. The summed E-state index contributed by atoms with van der Waals surface area (Å²) in [6.45, 7) is 1.85. The van der Waals surface area contributed by atoms with Crippen molar-refractivity contribution in [1.29, 1.82) is 0 Å². The normalized spacial score (nSPS) is 12.0. The van der Waals surface area contributed by atoms with E-state index in [1.165, 1.54) is 0 Å². The number of hydrazone groups is 1. The van der Waals surface area contributed by atoms with Gasteiger partial charge >= 0.3 is 0 Å². The number of fused-ring (bicyclic) bond motifs is 3. The van der Waals surface area contributed by atoms with Crippen LogP contribution >= 0.6 is 11.6 Å². The lowest BCUT2D eigenvalue weighted by atomic mass is 10.2. The lowest BCUT2D eigenvalue weighted by Gasteiger charge is -2.01. The second-order valence-electron chi connectivity index (χ2n) is 5.14. The Morgan fingerprint density at radius 3 is 2.92 bits per heavy atom. The van der Waals surface area contributed by atoms with Gasteiger partial charge in [-0.3, -0.25) is 4.98 Å². The predicted octanol–water partition coefficient (Wildman–Crippen LogP) is 3.39. The van der Waals surface area contributed by atoms with E-state index < -0.39 is 0 Å². The molecule has 0 radical (unpaired) electrons. The zero-order valence-electron chi connectivity index (χ0n) is 12.7. The van der Waals surface area contributed by atoms with E-state index in [1.54, 1.807) is 6.20 Å². The van der Waals surface area contributed by atoms with Crippen LogP contribution in [0, 0.1) is 0 Å². The van der Waals surface area contributed by atoms with E-state index in [0.717, 1.165) is 22.3 Å². The van der Waals surface area contributed by atoms with E-state index in [0.29, 0.717) is 22.1 Å². The van der Waals surface area contributed by atoms with E-state index in [1.807, 2.05) is 43.3 Å². The van der Waals surface area contributed by atoms with Crippen molar-refractivity contribution in [2.75, 3.05) is 5.43 Å². The lowest BCUT2D eigenvalue weighted by molar-refractivity contribution is 1.01. The van der Waals surface area contributed by atoms with Crippen LogP contribution in [0.2, 0.25) is 5.02 Å². The molecular formula is C16H12ClN7. The van der Waals surface area contributed by atoms with Gasteiger partial charge in [0, 0.05) is 11.6 Å². The molecule has 0 unspecified atom stereocenters. The number of para-hydroxylation sites is 1. The van der Waals surface area contributed by atoms with Gasteiger partial charge in [0.1, 0.15) is 5.52 Å². The summed E-state index contributed by atoms with van der Waals surface area (Å²) in [5, 5.41) is 14.0. The van der Waals surface area contributed by atoms with Gasteiger partial charge in [-0.25, -0.2) is 5.43 Å². The van der Waals surface area contributed by atoms with E-state index in [4.69, 9.17) is 11.6 Å². The summed E-state index contributed by atoms with van der Waals surface area (Å²) in [5.41, 5.74) is 6.36. The molecule has 0 aliphatic rings. The van der Waals surface area contributed by atoms with Crippen molar-refractivity contribution in [1.82, 2.24) is 25.1 Å². The summed E-state index contributed by atoms with van der Waals surface area (Å²) in [5.74, 6) is 0.292. The largest absolute Gasteiger partial charge is 0.336 e. The monoisotopic (exact) mass is 337 g/mol. The van der Waals surface area contributed by atoms with Crippen molar-refractivity contribution in [3.05, 3.63) is 53.3 Å². The van der Waals surface area contributed by atoms with Crippen LogP contribution in [0.15, 0.2) is 47.7 Å². The van der Waals surface area contributed by atoms with Crippen LogP contribution in [-0.2, 0) is 0 Å². The number of H-pyrrole nitrogens is 1. The van der Waals surface area contributed by atoms with Gasteiger partial charge in [-0.05, 0) is 25.1 Å². The molecular weight excluding hydrogens is 326 g/mol. The molecule has 3 heterocycles. The number of nitrogens with zero attached hydrogens (tertiary/aromatic N) is 5. The van der Waals surface area contributed by atoms with E-state index in [2.05, 4.69) is 35.7 Å². The molecule has 0 atom stereocenters. The summed E-state index contributed by atoms with van der Waals surface area (Å²) in [4.78, 5) is 11.8. The number of rotatable bonds is 3. The molecule has 7 nitrogen and oxygen atoms in total. The van der Waals surface area contributed by atoms with Gasteiger partial charge < -0.3 is 4.98 Å². The Labute approximate surface area is 141 Å². The molecule has 0 saturated heterocycles. The van der Waals surface area contributed by atoms with Crippen LogP contribution in [0.1, 0.15) is 12.6 Å². The summed E-state index contributed by atoms with van der Waals surface area (Å²) in [6, 6.07) is 11.2. The van der Waals surface area contributed by atoms with Crippen molar-refractivity contribution < 1.29 is 0 Å². The molecule has 0 aliphatic heterocycles. The molecule has 24 heavy (non-hydrogen) atoms. The number of benzene rings is 1. The lowest BCUT2D eigenvalue weighted by Crippen LogP contribution is -2.04. The third kappa shape index (κ3) is 2.55. The highest BCUT2D eigenvalue weighted by Gasteiger charge is 2.10. The second kappa shape index (κ2) is 5.86. The number of aromatic amines is 1. The van der Waals surface area contributed by atoms with Crippen LogP contribution in [0.3, 0.4) is 0 Å². The number of halogens is 1. The summed E-state index contributed by atoms with van der Waals surface area (Å²) < 4.78 is 0. The number of anilines is 1. The van der Waals surface area contributed by atoms with Crippen molar-refractivity contribution in [3.8, 4) is 0 Å². The smallest absolute Gasteiger partial charge is 0.265 e. The topological polar surface area (TPSA) is 91.7 Å². The predicted molar refractivity (Wildman–Crippen MR) is 94.3 cm³/mol. The van der Waals surface area contributed by atoms with Crippen LogP contribution < -0.4 is 5.43 Å². The van der Waals surface area contributed by atoms with Crippen LogP contribution in [0.5, 0.6) is 0 Å². The number of nitrogens with one attached hydrogen (secondary N) is 2. The Bertz CT molecular complexity index is 1060. The van der Waals surface area contributed by atoms with Gasteiger partial charge in [-0.1, -0.05) is 29.8 Å². The highest BCUT2D eigenvalue weighted by Crippen LogP contribution is 2.27. The van der Waals surface area contributed by atoms with Crippen molar-refractivity contribution in [3.63, 3.8) is 0 Å². The molecule has 0 aliphatic carbocycles. The van der Waals surface area contributed by atoms with Crippen molar-refractivity contribution in [2.24, 2.45) is 5.10 Å². The average molecular weight is 338 g/mol. The maximum absolute atomic E-state index is 6.19. The minimum Gasteiger partial charge on any atom is -0.336 e. The first-order chi connectivity index (χ1) is 11.7. The number of pyridine rings is 1. The van der Waals surface area contributed by atoms with Crippen LogP contribution in [0.25, 0.3) is 22.1 Å². The number of hydrogen-bond donors (Lipinski definition) is 2. The van der Waals surface area contributed by atoms with E-state index in [-0.39, 0.29) is 0 Å². The number of aromatic nitrogens is 5. The molecule has 4 rings (SSSR count). The maximum atomic E-state index is 6.19. The molecule has 1 aromatic carbocycles. The van der Waals surface area contributed by atoms with Gasteiger partial charge in [-0.15, -0.1) is 10.2 Å². The van der Waals surface area contributed by atoms with E-state index >= 15 is 0 Å². The fraction of sp³-hybridized carbons (Fsp3) is 0.0625. The third-order valence-corrected chi connectivity index (χ3v) is 3.87. The molecule has 4 aromatic rings. The molecule has 8 heteroatoms. The summed E-state index contributed by atoms with van der Waals surface area (Å²) >= 11 is 6.19. The summed E-state index contributed by atoms with van der Waals surface area (Å²) in [6.07, 6.45) is 1.71. The highest BCUT2D eigenvalue weighted by atomic mass is 35.5. The molecule has 118 valence electrons. The fourth-order valence-electron chi connectivity index (χ4n) is 2.38. The van der Waals surface area contributed by atoms with Gasteiger partial charge in [0.15, 0.2) is 5.65 Å². The molecule has 0 saturated carbocycles. The average Bonchev–Trinajstić information content (AvgIpc) is 3.00. The fourth-order valence-corrected chi connectivity index (χ4v) is 2.60. The zero-order chi connectivity index (χ0) is 16.5. The van der Waals surface area contributed by atoms with E-state index in [9.17, 15) is 0 Å². The maximum Gasteiger partial charge on any atom is 0.265 e. The minimum atomic E-state index is 0.292. The van der Waals surface area contributed by atoms with Gasteiger partial charge in [0.05, 0.1) is 21.9 Å². The molecule has 0 spiro atoms.